The van der Waals surface area contributed by atoms with Crippen molar-refractivity contribution in [1.82, 2.24) is 0 Å². The molecule has 0 aromatic heterocycles. The van der Waals surface area contributed by atoms with Crippen LogP contribution in [0.2, 0.25) is 0 Å². The number of thioether (sulfide) groups is 1. The van der Waals surface area contributed by atoms with Gasteiger partial charge in [-0.3, -0.25) is 14.4 Å². The summed E-state index contributed by atoms with van der Waals surface area (Å²) in [7, 11) is 2.85. The van der Waals surface area contributed by atoms with Crippen molar-refractivity contribution < 1.29 is 29.0 Å². The standard InChI is InChI=1S/C23H30O6S/c1-4-5-6-7-8-9-10-11-18(23(26)27)30-19-14-15(24)20-16(28-2)12-13-17(29-3)21(20)22(19)25/h12-14,18H,4-11H2,1-3H3,(H,26,27). The van der Waals surface area contributed by atoms with Gasteiger partial charge in [-0.15, -0.1) is 11.8 Å². The maximum absolute atomic E-state index is 13.1. The van der Waals surface area contributed by atoms with Crippen molar-refractivity contribution in [3.05, 3.63) is 34.2 Å². The Morgan fingerprint density at radius 1 is 0.967 bits per heavy atom. The van der Waals surface area contributed by atoms with E-state index in [1.54, 1.807) is 12.1 Å². The van der Waals surface area contributed by atoms with Crippen molar-refractivity contribution in [3.63, 3.8) is 0 Å². The maximum atomic E-state index is 13.1. The highest BCUT2D eigenvalue weighted by atomic mass is 32.2. The Bertz CT molecular complexity index is 814. The maximum Gasteiger partial charge on any atom is 0.316 e. The number of hydrogen-bond acceptors (Lipinski definition) is 6. The van der Waals surface area contributed by atoms with Gasteiger partial charge in [0.1, 0.15) is 16.7 Å². The van der Waals surface area contributed by atoms with Crippen molar-refractivity contribution in [3.8, 4) is 11.5 Å². The molecule has 0 bridgehead atoms. The highest BCUT2D eigenvalue weighted by molar-refractivity contribution is 8.05. The number of carbonyl (C=O) groups is 3. The fourth-order valence-electron chi connectivity index (χ4n) is 3.52. The Kier molecular flexibility index (Phi) is 9.43. The van der Waals surface area contributed by atoms with Crippen molar-refractivity contribution in [2.24, 2.45) is 0 Å². The minimum atomic E-state index is -0.976. The van der Waals surface area contributed by atoms with Crippen LogP contribution in [0.1, 0.15) is 79.0 Å². The zero-order valence-electron chi connectivity index (χ0n) is 17.9. The molecule has 30 heavy (non-hydrogen) atoms. The molecule has 1 atom stereocenters. The quantitative estimate of drug-likeness (QED) is 0.422. The number of carbonyl (C=O) groups excluding carboxylic acids is 2. The molecule has 0 heterocycles. The van der Waals surface area contributed by atoms with Crippen LogP contribution in [0.5, 0.6) is 11.5 Å². The zero-order chi connectivity index (χ0) is 22.1. The molecule has 164 valence electrons. The predicted octanol–water partition coefficient (Wildman–Crippen LogP) is 5.29. The lowest BCUT2D eigenvalue weighted by Gasteiger charge is -2.21. The van der Waals surface area contributed by atoms with Gasteiger partial charge in [0.25, 0.3) is 0 Å². The van der Waals surface area contributed by atoms with Crippen molar-refractivity contribution >= 4 is 29.3 Å². The number of ether oxygens (including phenoxy) is 2. The van der Waals surface area contributed by atoms with Crippen LogP contribution in [0, 0.1) is 0 Å². The first kappa shape index (κ1) is 24.0. The lowest BCUT2D eigenvalue weighted by atomic mass is 9.93. The highest BCUT2D eigenvalue weighted by Gasteiger charge is 2.34. The number of ketones is 2. The molecule has 1 aromatic rings. The van der Waals surface area contributed by atoms with Gasteiger partial charge in [-0.25, -0.2) is 0 Å². The summed E-state index contributed by atoms with van der Waals surface area (Å²) in [4.78, 5) is 37.7. The molecule has 2 rings (SSSR count). The molecule has 0 spiro atoms. The van der Waals surface area contributed by atoms with Crippen LogP contribution in [-0.4, -0.2) is 42.1 Å². The summed E-state index contributed by atoms with van der Waals surface area (Å²) >= 11 is 0.949. The van der Waals surface area contributed by atoms with Crippen LogP contribution in [0.25, 0.3) is 0 Å². The molecule has 1 aliphatic carbocycles. The lowest BCUT2D eigenvalue weighted by Crippen LogP contribution is -2.22. The summed E-state index contributed by atoms with van der Waals surface area (Å²) in [6.07, 6.45) is 9.30. The van der Waals surface area contributed by atoms with Crippen LogP contribution >= 0.6 is 11.8 Å². The third-order valence-corrected chi connectivity index (χ3v) is 6.42. The molecule has 6 nitrogen and oxygen atoms in total. The molecular formula is C23H30O6S. The average molecular weight is 435 g/mol. The molecule has 1 aliphatic rings. The first-order valence-electron chi connectivity index (χ1n) is 10.4. The topological polar surface area (TPSA) is 89.9 Å². The number of unbranched alkanes of at least 4 members (excludes halogenated alkanes) is 6. The summed E-state index contributed by atoms with van der Waals surface area (Å²) in [5.41, 5.74) is 0.289. The van der Waals surface area contributed by atoms with Gasteiger partial charge in [0.2, 0.25) is 5.78 Å². The molecule has 0 saturated carbocycles. The van der Waals surface area contributed by atoms with E-state index < -0.39 is 17.0 Å². The molecule has 0 fully saturated rings. The van der Waals surface area contributed by atoms with Crippen LogP contribution in [-0.2, 0) is 4.79 Å². The number of carboxylic acids is 1. The minimum absolute atomic E-state index is 0.131. The van der Waals surface area contributed by atoms with Gasteiger partial charge in [0.15, 0.2) is 5.78 Å². The number of methoxy groups -OCH3 is 2. The first-order chi connectivity index (χ1) is 14.4. The Hall–Kier alpha value is -2.28. The number of benzene rings is 1. The summed E-state index contributed by atoms with van der Waals surface area (Å²) in [5.74, 6) is -1.20. The SMILES string of the molecule is CCCCCCCCCC(SC1=CC(=O)c2c(OC)ccc(OC)c2C1=O)C(=O)O. The number of rotatable bonds is 13. The van der Waals surface area contributed by atoms with E-state index in [-0.39, 0.29) is 27.6 Å². The number of fused-ring (bicyclic) bond motifs is 1. The van der Waals surface area contributed by atoms with Gasteiger partial charge in [0, 0.05) is 6.08 Å². The van der Waals surface area contributed by atoms with Gasteiger partial charge in [-0.05, 0) is 18.6 Å². The molecule has 0 aliphatic heterocycles. The van der Waals surface area contributed by atoms with E-state index in [4.69, 9.17) is 9.47 Å². The van der Waals surface area contributed by atoms with E-state index in [1.807, 2.05) is 0 Å². The van der Waals surface area contributed by atoms with Crippen molar-refractivity contribution in [1.29, 1.82) is 0 Å². The van der Waals surface area contributed by atoms with Gasteiger partial charge in [-0.1, -0.05) is 51.9 Å². The number of hydrogen-bond donors (Lipinski definition) is 1. The lowest BCUT2D eigenvalue weighted by molar-refractivity contribution is -0.136. The van der Waals surface area contributed by atoms with E-state index in [2.05, 4.69) is 6.92 Å². The van der Waals surface area contributed by atoms with Crippen LogP contribution in [0.4, 0.5) is 0 Å². The largest absolute Gasteiger partial charge is 0.496 e. The molecule has 0 amide bonds. The second kappa shape index (κ2) is 11.8. The van der Waals surface area contributed by atoms with Gasteiger partial charge < -0.3 is 14.6 Å². The number of allylic oxidation sites excluding steroid dienone is 2. The fourth-order valence-corrected chi connectivity index (χ4v) is 4.59. The predicted molar refractivity (Wildman–Crippen MR) is 118 cm³/mol. The summed E-state index contributed by atoms with van der Waals surface area (Å²) < 4.78 is 10.5. The highest BCUT2D eigenvalue weighted by Crippen LogP contribution is 2.40. The third kappa shape index (κ3) is 5.88. The first-order valence-corrected chi connectivity index (χ1v) is 11.3. The summed E-state index contributed by atoms with van der Waals surface area (Å²) in [6, 6.07) is 3.15. The normalized spacial score (nSPS) is 14.2. The Balaban J connectivity index is 2.09. The van der Waals surface area contributed by atoms with Crippen LogP contribution < -0.4 is 9.47 Å². The number of carboxylic acid groups (broad SMARTS) is 1. The fraction of sp³-hybridized carbons (Fsp3) is 0.522. The molecular weight excluding hydrogens is 404 g/mol. The number of Topliss-reactive ketones (excluding diaryl/α,β-unsaturated/α-hetero) is 1. The summed E-state index contributed by atoms with van der Waals surface area (Å²) in [6.45, 7) is 2.17. The molecule has 0 saturated heterocycles. The number of aliphatic carboxylic acids is 1. The Labute approximate surface area is 182 Å². The Morgan fingerprint density at radius 2 is 1.53 bits per heavy atom. The summed E-state index contributed by atoms with van der Waals surface area (Å²) in [5, 5.41) is 8.84. The molecule has 1 aromatic carbocycles. The third-order valence-electron chi connectivity index (χ3n) is 5.14. The van der Waals surface area contributed by atoms with E-state index in [1.165, 1.54) is 39.6 Å². The van der Waals surface area contributed by atoms with E-state index in [0.29, 0.717) is 12.2 Å². The van der Waals surface area contributed by atoms with E-state index in [0.717, 1.165) is 37.4 Å². The van der Waals surface area contributed by atoms with E-state index >= 15 is 0 Å². The van der Waals surface area contributed by atoms with Gasteiger partial charge in [0.05, 0.1) is 30.3 Å². The van der Waals surface area contributed by atoms with Gasteiger partial charge in [-0.2, -0.15) is 0 Å². The van der Waals surface area contributed by atoms with Gasteiger partial charge >= 0.3 is 5.97 Å². The molecule has 7 heteroatoms. The van der Waals surface area contributed by atoms with Crippen LogP contribution in [0.3, 0.4) is 0 Å². The van der Waals surface area contributed by atoms with Crippen molar-refractivity contribution in [2.75, 3.05) is 14.2 Å². The average Bonchev–Trinajstić information content (AvgIpc) is 2.74. The molecule has 1 unspecified atom stereocenters. The Morgan fingerprint density at radius 3 is 2.10 bits per heavy atom. The second-order valence-electron chi connectivity index (χ2n) is 7.28. The molecule has 1 N–H and O–H groups in total. The second-order valence-corrected chi connectivity index (χ2v) is 8.52. The molecule has 0 radical (unpaired) electrons. The minimum Gasteiger partial charge on any atom is -0.496 e. The van der Waals surface area contributed by atoms with Crippen molar-refractivity contribution in [2.45, 2.75) is 63.5 Å². The van der Waals surface area contributed by atoms with Crippen LogP contribution in [0.15, 0.2) is 23.1 Å². The monoisotopic (exact) mass is 434 g/mol. The van der Waals surface area contributed by atoms with E-state index in [9.17, 15) is 19.5 Å². The smallest absolute Gasteiger partial charge is 0.316 e. The zero-order valence-corrected chi connectivity index (χ0v) is 18.7.